The molecule has 2 aliphatic rings. The molecule has 10 heteroatoms. The van der Waals surface area contributed by atoms with E-state index < -0.39 is 23.7 Å². The van der Waals surface area contributed by atoms with Gasteiger partial charge in [-0.15, -0.1) is 11.8 Å². The molecule has 4 rings (SSSR count). The summed E-state index contributed by atoms with van der Waals surface area (Å²) in [5.74, 6) is -2.96. The van der Waals surface area contributed by atoms with Gasteiger partial charge in [-0.1, -0.05) is 29.8 Å². The van der Waals surface area contributed by atoms with Gasteiger partial charge in [0, 0.05) is 40.5 Å². The van der Waals surface area contributed by atoms with Gasteiger partial charge in [0.2, 0.25) is 5.92 Å². The third-order valence-corrected chi connectivity index (χ3v) is 7.85. The molecule has 1 aliphatic carbocycles. The molecule has 2 aromatic carbocycles. The van der Waals surface area contributed by atoms with Crippen molar-refractivity contribution in [2.45, 2.75) is 75.5 Å². The van der Waals surface area contributed by atoms with Crippen molar-refractivity contribution >= 4 is 46.8 Å². The molecule has 1 N–H and O–H groups in total. The number of rotatable bonds is 7. The number of halogens is 3. The molecule has 0 aromatic heterocycles. The molecule has 1 fully saturated rings. The van der Waals surface area contributed by atoms with Crippen molar-refractivity contribution in [1.29, 1.82) is 0 Å². The molecule has 0 unspecified atom stereocenters. The van der Waals surface area contributed by atoms with Crippen molar-refractivity contribution in [3.05, 3.63) is 58.6 Å². The van der Waals surface area contributed by atoms with Gasteiger partial charge in [-0.2, -0.15) is 0 Å². The Morgan fingerprint density at radius 1 is 1.16 bits per heavy atom. The Bertz CT molecular complexity index is 1210. The summed E-state index contributed by atoms with van der Waals surface area (Å²) in [5.41, 5.74) is 1.08. The van der Waals surface area contributed by atoms with E-state index in [4.69, 9.17) is 16.3 Å². The Balaban J connectivity index is 1.57. The summed E-state index contributed by atoms with van der Waals surface area (Å²) in [7, 11) is 0. The van der Waals surface area contributed by atoms with Crippen molar-refractivity contribution in [2.24, 2.45) is 5.92 Å². The Kier molecular flexibility index (Phi) is 8.37. The number of amides is 2. The number of alkyl halides is 2. The van der Waals surface area contributed by atoms with Crippen LogP contribution in [0.3, 0.4) is 0 Å². The number of benzene rings is 2. The van der Waals surface area contributed by atoms with Crippen molar-refractivity contribution in [2.75, 3.05) is 10.7 Å². The molecule has 1 saturated carbocycles. The van der Waals surface area contributed by atoms with E-state index in [1.165, 1.54) is 11.8 Å². The number of Topliss-reactive ketones (excluding diaryl/α,β-unsaturated/α-hetero) is 1. The second-order valence-corrected chi connectivity index (χ2v) is 12.3. The SMILES string of the molecule is CC(C)(C)OC(=O)N[C@H]1CSc2ccc(C(=O)CCC3CC(F)(F)C3)cc2N(Cc2ccc(Cl)cc2)C1=O. The monoisotopic (exact) mass is 564 g/mol. The lowest BCUT2D eigenvalue weighted by Crippen LogP contribution is -2.50. The van der Waals surface area contributed by atoms with E-state index in [9.17, 15) is 23.2 Å². The largest absolute Gasteiger partial charge is 0.444 e. The van der Waals surface area contributed by atoms with Gasteiger partial charge in [0.15, 0.2) is 5.78 Å². The Morgan fingerprint density at radius 2 is 1.84 bits per heavy atom. The molecular weight excluding hydrogens is 534 g/mol. The lowest BCUT2D eigenvalue weighted by atomic mass is 9.78. The van der Waals surface area contributed by atoms with Crippen LogP contribution in [-0.2, 0) is 16.1 Å². The normalized spacial score (nSPS) is 19.3. The van der Waals surface area contributed by atoms with E-state index in [1.807, 2.05) is 12.1 Å². The summed E-state index contributed by atoms with van der Waals surface area (Å²) in [6, 6.07) is 11.4. The lowest BCUT2D eigenvalue weighted by Gasteiger charge is -2.34. The summed E-state index contributed by atoms with van der Waals surface area (Å²) in [6.45, 7) is 5.43. The number of carbonyl (C=O) groups is 3. The number of hydrogen-bond donors (Lipinski definition) is 1. The predicted octanol–water partition coefficient (Wildman–Crippen LogP) is 6.88. The second-order valence-electron chi connectivity index (χ2n) is 10.8. The van der Waals surface area contributed by atoms with Crippen molar-refractivity contribution in [1.82, 2.24) is 5.32 Å². The number of hydrogen-bond acceptors (Lipinski definition) is 5. The van der Waals surface area contributed by atoms with E-state index in [1.54, 1.807) is 56.0 Å². The van der Waals surface area contributed by atoms with Gasteiger partial charge in [0.25, 0.3) is 5.91 Å². The average molecular weight is 565 g/mol. The van der Waals surface area contributed by atoms with E-state index in [0.717, 1.165) is 10.5 Å². The summed E-state index contributed by atoms with van der Waals surface area (Å²) >= 11 is 7.44. The van der Waals surface area contributed by atoms with Crippen LogP contribution in [0, 0.1) is 5.92 Å². The first kappa shape index (κ1) is 28.4. The van der Waals surface area contributed by atoms with Gasteiger partial charge in [0.1, 0.15) is 11.6 Å². The quantitative estimate of drug-likeness (QED) is 0.371. The number of ketones is 1. The second kappa shape index (κ2) is 11.2. The number of ether oxygens (including phenoxy) is 1. The van der Waals surface area contributed by atoms with Crippen molar-refractivity contribution in [3.8, 4) is 0 Å². The van der Waals surface area contributed by atoms with Crippen LogP contribution in [0.25, 0.3) is 0 Å². The standard InChI is InChI=1S/C28H31ClF2N2O4S/c1-27(2,3)37-26(36)32-21-16-38-24-11-7-19(23(34)10-6-18-13-28(30,31)14-18)12-22(24)33(25(21)35)15-17-4-8-20(29)9-5-17/h4-5,7-9,11-12,18,21H,6,10,13-16H2,1-3H3,(H,32,36)/t21-/m0/s1. The lowest BCUT2D eigenvalue weighted by molar-refractivity contribution is -0.120. The van der Waals surface area contributed by atoms with Crippen LogP contribution in [0.4, 0.5) is 19.3 Å². The van der Waals surface area contributed by atoms with Gasteiger partial charge in [-0.05, 0) is 62.9 Å². The molecule has 0 bridgehead atoms. The summed E-state index contributed by atoms with van der Waals surface area (Å²) in [5, 5.41) is 3.26. The Hall–Kier alpha value is -2.65. The van der Waals surface area contributed by atoms with Crippen LogP contribution in [0.2, 0.25) is 5.02 Å². The van der Waals surface area contributed by atoms with Crippen LogP contribution in [-0.4, -0.2) is 41.1 Å². The number of anilines is 1. The highest BCUT2D eigenvalue weighted by Crippen LogP contribution is 2.45. The maximum Gasteiger partial charge on any atom is 0.408 e. The smallest absolute Gasteiger partial charge is 0.408 e. The fraction of sp³-hybridized carbons (Fsp3) is 0.464. The molecule has 2 aromatic rings. The van der Waals surface area contributed by atoms with Crippen LogP contribution < -0.4 is 10.2 Å². The molecule has 0 spiro atoms. The third kappa shape index (κ3) is 7.26. The minimum Gasteiger partial charge on any atom is -0.444 e. The highest BCUT2D eigenvalue weighted by Gasteiger charge is 2.44. The van der Waals surface area contributed by atoms with E-state index >= 15 is 0 Å². The zero-order chi connectivity index (χ0) is 27.7. The third-order valence-electron chi connectivity index (χ3n) is 6.44. The zero-order valence-corrected chi connectivity index (χ0v) is 23.1. The highest BCUT2D eigenvalue weighted by atomic mass is 35.5. The maximum absolute atomic E-state index is 13.7. The molecule has 204 valence electrons. The summed E-state index contributed by atoms with van der Waals surface area (Å²) in [4.78, 5) is 41.5. The number of alkyl carbamates (subject to hydrolysis) is 1. The molecule has 0 radical (unpaired) electrons. The van der Waals surface area contributed by atoms with Crippen LogP contribution in [0.15, 0.2) is 47.4 Å². The van der Waals surface area contributed by atoms with Crippen LogP contribution in [0.1, 0.15) is 62.4 Å². The van der Waals surface area contributed by atoms with E-state index in [0.29, 0.717) is 22.7 Å². The Labute approximate surface area is 230 Å². The average Bonchev–Trinajstić information content (AvgIpc) is 2.93. The minimum atomic E-state index is -2.61. The van der Waals surface area contributed by atoms with Gasteiger partial charge < -0.3 is 15.0 Å². The van der Waals surface area contributed by atoms with Gasteiger partial charge in [-0.25, -0.2) is 13.6 Å². The van der Waals surface area contributed by atoms with Crippen LogP contribution >= 0.6 is 23.4 Å². The van der Waals surface area contributed by atoms with Crippen molar-refractivity contribution < 1.29 is 27.9 Å². The first-order valence-corrected chi connectivity index (χ1v) is 13.9. The van der Waals surface area contributed by atoms with Gasteiger partial charge in [0.05, 0.1) is 12.2 Å². The maximum atomic E-state index is 13.7. The highest BCUT2D eigenvalue weighted by molar-refractivity contribution is 7.99. The first-order chi connectivity index (χ1) is 17.8. The number of nitrogens with zero attached hydrogens (tertiary/aromatic N) is 1. The summed E-state index contributed by atoms with van der Waals surface area (Å²) in [6.07, 6.45) is -0.449. The van der Waals surface area contributed by atoms with E-state index in [-0.39, 0.29) is 49.2 Å². The number of carbonyl (C=O) groups excluding carboxylic acids is 3. The molecular formula is C28H31ClF2N2O4S. The number of thioether (sulfide) groups is 1. The molecule has 2 amide bonds. The predicted molar refractivity (Wildman–Crippen MR) is 144 cm³/mol. The molecule has 6 nitrogen and oxygen atoms in total. The molecule has 1 atom stereocenters. The fourth-order valence-corrected chi connectivity index (χ4v) is 5.71. The zero-order valence-electron chi connectivity index (χ0n) is 21.6. The minimum absolute atomic E-state index is 0.145. The van der Waals surface area contributed by atoms with Gasteiger partial charge >= 0.3 is 6.09 Å². The van der Waals surface area contributed by atoms with Crippen LogP contribution in [0.5, 0.6) is 0 Å². The number of nitrogens with one attached hydrogen (secondary N) is 1. The molecule has 1 aliphatic heterocycles. The molecule has 0 saturated heterocycles. The first-order valence-electron chi connectivity index (χ1n) is 12.5. The summed E-state index contributed by atoms with van der Waals surface area (Å²) < 4.78 is 31.7. The fourth-order valence-electron chi connectivity index (χ4n) is 4.53. The molecule has 1 heterocycles. The van der Waals surface area contributed by atoms with Gasteiger partial charge in [-0.3, -0.25) is 9.59 Å². The van der Waals surface area contributed by atoms with E-state index in [2.05, 4.69) is 5.32 Å². The topological polar surface area (TPSA) is 75.7 Å². The molecule has 38 heavy (non-hydrogen) atoms. The van der Waals surface area contributed by atoms with Crippen molar-refractivity contribution in [3.63, 3.8) is 0 Å². The number of fused-ring (bicyclic) bond motifs is 1. The Morgan fingerprint density at radius 3 is 2.47 bits per heavy atom.